The highest BCUT2D eigenvalue weighted by atomic mass is 35.5. The van der Waals surface area contributed by atoms with Gasteiger partial charge in [-0.3, -0.25) is 9.59 Å². The second-order valence-corrected chi connectivity index (χ2v) is 9.39. The standard InChI is InChI=1S/C28H32ClN3O2/c1-19(2)26(31-27(33)24-11-7-8-12-25(24)29)28(34)30-17-22-9-5-6-10-23(22)21-15-13-20(14-16-21)18-32(3)4/h5-16,19,26H,17-18H2,1-4H3,(H,30,34)(H,31,33). The zero-order valence-electron chi connectivity index (χ0n) is 20.1. The Morgan fingerprint density at radius 3 is 2.21 bits per heavy atom. The summed E-state index contributed by atoms with van der Waals surface area (Å²) in [4.78, 5) is 27.9. The fourth-order valence-corrected chi connectivity index (χ4v) is 4.02. The van der Waals surface area contributed by atoms with Crippen molar-refractivity contribution in [3.63, 3.8) is 0 Å². The Morgan fingerprint density at radius 2 is 1.56 bits per heavy atom. The minimum absolute atomic E-state index is 0.0917. The van der Waals surface area contributed by atoms with Gasteiger partial charge >= 0.3 is 0 Å². The summed E-state index contributed by atoms with van der Waals surface area (Å²) in [5.41, 5.74) is 4.77. The lowest BCUT2D eigenvalue weighted by Crippen LogP contribution is -2.49. The van der Waals surface area contributed by atoms with Gasteiger partial charge in [0, 0.05) is 13.1 Å². The smallest absolute Gasteiger partial charge is 0.253 e. The first-order valence-electron chi connectivity index (χ1n) is 11.4. The van der Waals surface area contributed by atoms with Crippen molar-refractivity contribution in [3.05, 3.63) is 94.5 Å². The van der Waals surface area contributed by atoms with E-state index < -0.39 is 6.04 Å². The van der Waals surface area contributed by atoms with Gasteiger partial charge in [0.25, 0.3) is 5.91 Å². The van der Waals surface area contributed by atoms with E-state index in [9.17, 15) is 9.59 Å². The number of amides is 2. The predicted molar refractivity (Wildman–Crippen MR) is 139 cm³/mol. The molecule has 0 aliphatic rings. The molecule has 0 radical (unpaired) electrons. The van der Waals surface area contributed by atoms with Gasteiger partial charge in [-0.15, -0.1) is 0 Å². The first kappa shape index (κ1) is 25.5. The molecule has 0 fully saturated rings. The van der Waals surface area contributed by atoms with E-state index in [0.717, 1.165) is 23.2 Å². The number of benzene rings is 3. The van der Waals surface area contributed by atoms with Crippen LogP contribution >= 0.6 is 11.6 Å². The number of carbonyl (C=O) groups excluding carboxylic acids is 2. The molecule has 1 atom stereocenters. The zero-order chi connectivity index (χ0) is 24.7. The van der Waals surface area contributed by atoms with Crippen LogP contribution in [0.5, 0.6) is 0 Å². The fraction of sp³-hybridized carbons (Fsp3) is 0.286. The van der Waals surface area contributed by atoms with Gasteiger partial charge in [-0.05, 0) is 54.4 Å². The number of hydrogen-bond donors (Lipinski definition) is 2. The predicted octanol–water partition coefficient (Wildman–Crippen LogP) is 5.14. The molecule has 6 heteroatoms. The molecule has 0 saturated heterocycles. The van der Waals surface area contributed by atoms with Crippen molar-refractivity contribution in [3.8, 4) is 11.1 Å². The lowest BCUT2D eigenvalue weighted by Gasteiger charge is -2.22. The average molecular weight is 478 g/mol. The van der Waals surface area contributed by atoms with Gasteiger partial charge < -0.3 is 15.5 Å². The van der Waals surface area contributed by atoms with E-state index in [2.05, 4.69) is 45.9 Å². The van der Waals surface area contributed by atoms with Crippen LogP contribution < -0.4 is 10.6 Å². The average Bonchev–Trinajstić information content (AvgIpc) is 2.81. The summed E-state index contributed by atoms with van der Waals surface area (Å²) in [6.45, 7) is 5.05. The summed E-state index contributed by atoms with van der Waals surface area (Å²) in [5.74, 6) is -0.685. The summed E-state index contributed by atoms with van der Waals surface area (Å²) in [7, 11) is 4.10. The highest BCUT2D eigenvalue weighted by Crippen LogP contribution is 2.24. The molecular formula is C28H32ClN3O2. The van der Waals surface area contributed by atoms with Gasteiger partial charge in [0.05, 0.1) is 10.6 Å². The van der Waals surface area contributed by atoms with Crippen LogP contribution in [0.4, 0.5) is 0 Å². The molecule has 0 heterocycles. The van der Waals surface area contributed by atoms with E-state index in [0.29, 0.717) is 17.1 Å². The second kappa shape index (κ2) is 11.8. The Morgan fingerprint density at radius 1 is 0.912 bits per heavy atom. The van der Waals surface area contributed by atoms with E-state index in [1.165, 1.54) is 5.56 Å². The SMILES string of the molecule is CC(C)C(NC(=O)c1ccccc1Cl)C(=O)NCc1ccccc1-c1ccc(CN(C)C)cc1. The van der Waals surface area contributed by atoms with E-state index in [-0.39, 0.29) is 17.7 Å². The van der Waals surface area contributed by atoms with E-state index in [1.54, 1.807) is 24.3 Å². The van der Waals surface area contributed by atoms with Crippen molar-refractivity contribution < 1.29 is 9.59 Å². The third-order valence-electron chi connectivity index (χ3n) is 5.59. The highest BCUT2D eigenvalue weighted by molar-refractivity contribution is 6.33. The molecule has 0 aromatic heterocycles. The van der Waals surface area contributed by atoms with Crippen LogP contribution in [0.15, 0.2) is 72.8 Å². The number of nitrogens with zero attached hydrogens (tertiary/aromatic N) is 1. The van der Waals surface area contributed by atoms with Crippen LogP contribution in [0.1, 0.15) is 35.3 Å². The van der Waals surface area contributed by atoms with Crippen LogP contribution in [-0.4, -0.2) is 36.9 Å². The van der Waals surface area contributed by atoms with E-state index in [4.69, 9.17) is 11.6 Å². The van der Waals surface area contributed by atoms with Crippen LogP contribution in [0.3, 0.4) is 0 Å². The van der Waals surface area contributed by atoms with Gasteiger partial charge in [-0.2, -0.15) is 0 Å². The van der Waals surface area contributed by atoms with Crippen molar-refractivity contribution >= 4 is 23.4 Å². The normalized spacial score (nSPS) is 12.0. The number of halogens is 1. The minimum Gasteiger partial charge on any atom is -0.350 e. The molecule has 2 N–H and O–H groups in total. The van der Waals surface area contributed by atoms with Gasteiger partial charge in [-0.25, -0.2) is 0 Å². The van der Waals surface area contributed by atoms with E-state index >= 15 is 0 Å². The Kier molecular flexibility index (Phi) is 8.85. The molecule has 3 aromatic rings. The monoisotopic (exact) mass is 477 g/mol. The lowest BCUT2D eigenvalue weighted by atomic mass is 9.98. The van der Waals surface area contributed by atoms with Crippen molar-refractivity contribution in [2.45, 2.75) is 33.0 Å². The summed E-state index contributed by atoms with van der Waals surface area (Å²) in [6, 6.07) is 22.6. The first-order valence-corrected chi connectivity index (χ1v) is 11.8. The maximum atomic E-state index is 13.0. The number of hydrogen-bond acceptors (Lipinski definition) is 3. The lowest BCUT2D eigenvalue weighted by molar-refractivity contribution is -0.124. The molecule has 0 aliphatic heterocycles. The van der Waals surface area contributed by atoms with Crippen LogP contribution in [-0.2, 0) is 17.9 Å². The molecule has 0 bridgehead atoms. The minimum atomic E-state index is -0.679. The van der Waals surface area contributed by atoms with Crippen molar-refractivity contribution in [2.24, 2.45) is 5.92 Å². The number of carbonyl (C=O) groups is 2. The Labute approximate surface area is 207 Å². The summed E-state index contributed by atoms with van der Waals surface area (Å²) in [5, 5.41) is 6.20. The molecule has 1 unspecified atom stereocenters. The van der Waals surface area contributed by atoms with Crippen molar-refractivity contribution in [2.75, 3.05) is 14.1 Å². The van der Waals surface area contributed by atoms with Gasteiger partial charge in [-0.1, -0.05) is 86.1 Å². The highest BCUT2D eigenvalue weighted by Gasteiger charge is 2.25. The topological polar surface area (TPSA) is 61.4 Å². The fourth-order valence-electron chi connectivity index (χ4n) is 3.80. The maximum absolute atomic E-state index is 13.0. The Hall–Kier alpha value is -3.15. The quantitative estimate of drug-likeness (QED) is 0.448. The third kappa shape index (κ3) is 6.69. The van der Waals surface area contributed by atoms with E-state index in [1.807, 2.05) is 46.1 Å². The Bertz CT molecular complexity index is 1130. The van der Waals surface area contributed by atoms with Gasteiger partial charge in [0.15, 0.2) is 0 Å². The molecule has 34 heavy (non-hydrogen) atoms. The molecular weight excluding hydrogens is 446 g/mol. The molecule has 0 spiro atoms. The summed E-state index contributed by atoms with van der Waals surface area (Å²) < 4.78 is 0. The molecule has 5 nitrogen and oxygen atoms in total. The van der Waals surface area contributed by atoms with Gasteiger partial charge in [0.1, 0.15) is 6.04 Å². The number of rotatable bonds is 9. The molecule has 3 aromatic carbocycles. The number of nitrogens with one attached hydrogen (secondary N) is 2. The Balaban J connectivity index is 1.71. The van der Waals surface area contributed by atoms with Gasteiger partial charge in [0.2, 0.25) is 5.91 Å². The maximum Gasteiger partial charge on any atom is 0.253 e. The van der Waals surface area contributed by atoms with Crippen molar-refractivity contribution in [1.82, 2.24) is 15.5 Å². The molecule has 178 valence electrons. The molecule has 2 amide bonds. The zero-order valence-corrected chi connectivity index (χ0v) is 20.9. The van der Waals surface area contributed by atoms with Crippen molar-refractivity contribution in [1.29, 1.82) is 0 Å². The van der Waals surface area contributed by atoms with Crippen LogP contribution in [0, 0.1) is 5.92 Å². The third-order valence-corrected chi connectivity index (χ3v) is 5.92. The summed E-state index contributed by atoms with van der Waals surface area (Å²) >= 11 is 6.15. The largest absolute Gasteiger partial charge is 0.350 e. The van der Waals surface area contributed by atoms with Crippen LogP contribution in [0.25, 0.3) is 11.1 Å². The first-order chi connectivity index (χ1) is 16.3. The second-order valence-electron chi connectivity index (χ2n) is 8.98. The summed E-state index contributed by atoms with van der Waals surface area (Å²) in [6.07, 6.45) is 0. The van der Waals surface area contributed by atoms with Crippen LogP contribution in [0.2, 0.25) is 5.02 Å². The molecule has 3 rings (SSSR count). The molecule has 0 saturated carbocycles. The molecule has 0 aliphatic carbocycles.